The third kappa shape index (κ3) is 2.98. The molecule has 0 unspecified atom stereocenters. The second-order valence-corrected chi connectivity index (χ2v) is 6.46. The van der Waals surface area contributed by atoms with Gasteiger partial charge in [0.2, 0.25) is 0 Å². The van der Waals surface area contributed by atoms with Gasteiger partial charge < -0.3 is 9.55 Å². The van der Waals surface area contributed by atoms with E-state index in [-0.39, 0.29) is 6.04 Å². The number of nitrogens with zero attached hydrogens (tertiary/aromatic N) is 5. The number of hydrogen-bond acceptors (Lipinski definition) is 4. The van der Waals surface area contributed by atoms with E-state index in [0.717, 1.165) is 49.7 Å². The lowest BCUT2D eigenvalue weighted by Gasteiger charge is -2.34. The fraction of sp³-hybridized carbons (Fsp3) is 0.421. The van der Waals surface area contributed by atoms with Crippen molar-refractivity contribution in [2.75, 3.05) is 6.54 Å². The van der Waals surface area contributed by atoms with Crippen LogP contribution in [-0.4, -0.2) is 35.9 Å². The highest BCUT2D eigenvalue weighted by molar-refractivity contribution is 5.30. The van der Waals surface area contributed by atoms with Gasteiger partial charge in [0.25, 0.3) is 0 Å². The smallest absolute Gasteiger partial charge is 0.122 e. The maximum atomic E-state index is 4.75. The van der Waals surface area contributed by atoms with Gasteiger partial charge in [-0.25, -0.2) is 9.97 Å². The van der Waals surface area contributed by atoms with Gasteiger partial charge in [0.15, 0.2) is 0 Å². The largest absolute Gasteiger partial charge is 0.348 e. The lowest BCUT2D eigenvalue weighted by atomic mass is 9.98. The molecule has 0 amide bonds. The minimum atomic E-state index is 0.0721. The van der Waals surface area contributed by atoms with E-state index in [2.05, 4.69) is 50.4 Å². The fourth-order valence-corrected chi connectivity index (χ4v) is 3.59. The summed E-state index contributed by atoms with van der Waals surface area (Å²) >= 11 is 0. The normalized spacial score (nSPS) is 17.6. The molecule has 0 saturated heterocycles. The number of H-pyrrole nitrogens is 1. The summed E-state index contributed by atoms with van der Waals surface area (Å²) in [5.74, 6) is 1.09. The second kappa shape index (κ2) is 6.80. The summed E-state index contributed by atoms with van der Waals surface area (Å²) in [5.41, 5.74) is 4.63. The van der Waals surface area contributed by atoms with Crippen molar-refractivity contribution in [3.05, 3.63) is 65.5 Å². The Kier molecular flexibility index (Phi) is 4.36. The predicted octanol–water partition coefficient (Wildman–Crippen LogP) is 2.73. The zero-order chi connectivity index (χ0) is 17.2. The molecule has 1 aliphatic heterocycles. The Labute approximate surface area is 148 Å². The topological polar surface area (TPSA) is 62.6 Å². The van der Waals surface area contributed by atoms with E-state index >= 15 is 0 Å². The molecule has 4 heterocycles. The molecule has 3 aromatic heterocycles. The van der Waals surface area contributed by atoms with Crippen LogP contribution >= 0.6 is 0 Å². The summed E-state index contributed by atoms with van der Waals surface area (Å²) in [4.78, 5) is 19.7. The highest BCUT2D eigenvalue weighted by Crippen LogP contribution is 2.33. The van der Waals surface area contributed by atoms with Gasteiger partial charge in [0, 0.05) is 43.8 Å². The van der Waals surface area contributed by atoms with Crippen LogP contribution in [-0.2, 0) is 25.9 Å². The van der Waals surface area contributed by atoms with Gasteiger partial charge in [-0.3, -0.25) is 9.88 Å². The van der Waals surface area contributed by atoms with E-state index in [1.165, 1.54) is 11.3 Å². The van der Waals surface area contributed by atoms with Crippen LogP contribution in [0.3, 0.4) is 0 Å². The van der Waals surface area contributed by atoms with E-state index in [4.69, 9.17) is 4.98 Å². The summed E-state index contributed by atoms with van der Waals surface area (Å²) in [5, 5.41) is 0. The molecule has 0 bridgehead atoms. The molecule has 1 atom stereocenters. The predicted molar refractivity (Wildman–Crippen MR) is 96.1 cm³/mol. The molecule has 0 aliphatic carbocycles. The number of aryl methyl sites for hydroxylation is 2. The Hall–Kier alpha value is -2.47. The molecule has 4 rings (SSSR count). The number of aromatic amines is 1. The van der Waals surface area contributed by atoms with Crippen LogP contribution in [0.15, 0.2) is 37.1 Å². The van der Waals surface area contributed by atoms with Crippen LogP contribution < -0.4 is 0 Å². The Bertz CT molecular complexity index is 832. The molecule has 0 spiro atoms. The average molecular weight is 336 g/mol. The van der Waals surface area contributed by atoms with Crippen molar-refractivity contribution in [3.8, 4) is 0 Å². The van der Waals surface area contributed by atoms with Crippen molar-refractivity contribution in [2.24, 2.45) is 0 Å². The lowest BCUT2D eigenvalue weighted by molar-refractivity contribution is 0.189. The quantitative estimate of drug-likeness (QED) is 0.778. The van der Waals surface area contributed by atoms with Gasteiger partial charge in [-0.2, -0.15) is 0 Å². The summed E-state index contributed by atoms with van der Waals surface area (Å²) in [6.45, 7) is 7.00. The first-order valence-corrected chi connectivity index (χ1v) is 9.01. The van der Waals surface area contributed by atoms with Crippen LogP contribution in [0.25, 0.3) is 0 Å². The van der Waals surface area contributed by atoms with Crippen molar-refractivity contribution in [1.82, 2.24) is 29.4 Å². The fourth-order valence-electron chi connectivity index (χ4n) is 3.59. The zero-order valence-electron chi connectivity index (χ0n) is 14.8. The molecule has 130 valence electrons. The van der Waals surface area contributed by atoms with Crippen LogP contribution in [0.1, 0.15) is 48.4 Å². The maximum absolute atomic E-state index is 4.75. The lowest BCUT2D eigenvalue weighted by Crippen LogP contribution is -2.37. The minimum absolute atomic E-state index is 0.0721. The highest BCUT2D eigenvalue weighted by atomic mass is 15.2. The van der Waals surface area contributed by atoms with Crippen LogP contribution in [0.2, 0.25) is 0 Å². The number of aromatic nitrogens is 5. The number of pyridine rings is 1. The number of rotatable bonds is 5. The van der Waals surface area contributed by atoms with Gasteiger partial charge in [0.05, 0.1) is 30.3 Å². The van der Waals surface area contributed by atoms with Gasteiger partial charge in [0.1, 0.15) is 5.82 Å². The van der Waals surface area contributed by atoms with Crippen LogP contribution in [0.5, 0.6) is 0 Å². The summed E-state index contributed by atoms with van der Waals surface area (Å²) in [7, 11) is 0. The molecule has 0 radical (unpaired) electrons. The first-order chi connectivity index (χ1) is 12.3. The summed E-state index contributed by atoms with van der Waals surface area (Å²) in [6, 6.07) is 4.39. The molecular weight excluding hydrogens is 312 g/mol. The monoisotopic (exact) mass is 336 g/mol. The Morgan fingerprint density at radius 2 is 2.12 bits per heavy atom. The third-order valence-electron chi connectivity index (χ3n) is 5.05. The van der Waals surface area contributed by atoms with Gasteiger partial charge in [-0.15, -0.1) is 0 Å². The molecule has 0 aromatic carbocycles. The van der Waals surface area contributed by atoms with E-state index < -0.39 is 0 Å². The number of hydrogen-bond donors (Lipinski definition) is 1. The molecule has 1 aliphatic rings. The summed E-state index contributed by atoms with van der Waals surface area (Å²) < 4.78 is 2.20. The van der Waals surface area contributed by atoms with Crippen molar-refractivity contribution >= 4 is 0 Å². The zero-order valence-corrected chi connectivity index (χ0v) is 14.8. The second-order valence-electron chi connectivity index (χ2n) is 6.46. The molecular formula is C19H24N6. The molecule has 6 heteroatoms. The van der Waals surface area contributed by atoms with Crippen molar-refractivity contribution in [3.63, 3.8) is 0 Å². The van der Waals surface area contributed by atoms with Gasteiger partial charge >= 0.3 is 0 Å². The Morgan fingerprint density at radius 1 is 1.20 bits per heavy atom. The molecule has 1 N–H and O–H groups in total. The van der Waals surface area contributed by atoms with Crippen molar-refractivity contribution in [1.29, 1.82) is 0 Å². The first-order valence-electron chi connectivity index (χ1n) is 9.01. The van der Waals surface area contributed by atoms with Crippen LogP contribution in [0, 0.1) is 0 Å². The average Bonchev–Trinajstić information content (AvgIpc) is 3.30. The molecule has 0 fully saturated rings. The molecule has 25 heavy (non-hydrogen) atoms. The van der Waals surface area contributed by atoms with Gasteiger partial charge in [-0.05, 0) is 25.0 Å². The Morgan fingerprint density at radius 3 is 2.88 bits per heavy atom. The molecule has 6 nitrogen and oxygen atoms in total. The third-order valence-corrected chi connectivity index (χ3v) is 5.05. The Balaban J connectivity index is 1.69. The minimum Gasteiger partial charge on any atom is -0.348 e. The first kappa shape index (κ1) is 16.0. The maximum Gasteiger partial charge on any atom is 0.122 e. The highest BCUT2D eigenvalue weighted by Gasteiger charge is 2.32. The number of fused-ring (bicyclic) bond motifs is 1. The number of imidazole rings is 2. The van der Waals surface area contributed by atoms with E-state index in [9.17, 15) is 0 Å². The van der Waals surface area contributed by atoms with E-state index in [1.807, 2.05) is 18.6 Å². The standard InChI is InChI=1S/C19H24N6/c1-3-14-5-6-16(21-11-14)19-18-15(22-13-23-18)7-9-25(19)12-17-20-8-10-24(17)4-2/h5-6,8,10-11,13,19H,3-4,7,9,12H2,1-2H3,(H,22,23)/t19-/m1/s1. The number of nitrogens with one attached hydrogen (secondary N) is 1. The van der Waals surface area contributed by atoms with Gasteiger partial charge in [-0.1, -0.05) is 13.0 Å². The van der Waals surface area contributed by atoms with Crippen LogP contribution in [0.4, 0.5) is 0 Å². The molecule has 3 aromatic rings. The van der Waals surface area contributed by atoms with Crippen molar-refractivity contribution < 1.29 is 0 Å². The van der Waals surface area contributed by atoms with Crippen molar-refractivity contribution in [2.45, 2.75) is 45.8 Å². The molecule has 0 saturated carbocycles. The SMILES string of the molecule is CCc1ccc([C@@H]2c3nc[nH]c3CCN2Cc2nccn2CC)nc1. The summed E-state index contributed by atoms with van der Waals surface area (Å²) in [6.07, 6.45) is 9.69. The van der Waals surface area contributed by atoms with E-state index in [1.54, 1.807) is 6.33 Å². The van der Waals surface area contributed by atoms with E-state index in [0.29, 0.717) is 0 Å².